The topological polar surface area (TPSA) is 51.8 Å². The molecule has 0 saturated carbocycles. The Bertz CT molecular complexity index is 575. The second kappa shape index (κ2) is 5.97. The predicted octanol–water partition coefficient (Wildman–Crippen LogP) is 4.00. The predicted molar refractivity (Wildman–Crippen MR) is 73.6 cm³/mol. The smallest absolute Gasteiger partial charge is 0.400 e. The fourth-order valence-corrected chi connectivity index (χ4v) is 1.72. The molecule has 0 radical (unpaired) electrons. The standard InChI is InChI=1S/C12H7Br2NO3/c13-9-3-1-8(2-4-9)7-15-18-12(16)10-5-6-11(14)17-10/h1-7H. The lowest BCUT2D eigenvalue weighted by molar-refractivity contribution is 0.0481. The molecular weight excluding hydrogens is 366 g/mol. The zero-order chi connectivity index (χ0) is 13.0. The summed E-state index contributed by atoms with van der Waals surface area (Å²) in [5, 5.41) is 3.59. The lowest BCUT2D eigenvalue weighted by Gasteiger charge is -1.94. The number of halogens is 2. The van der Waals surface area contributed by atoms with E-state index < -0.39 is 5.97 Å². The fraction of sp³-hybridized carbons (Fsp3) is 0. The van der Waals surface area contributed by atoms with Crippen LogP contribution in [-0.4, -0.2) is 12.2 Å². The van der Waals surface area contributed by atoms with E-state index in [0.717, 1.165) is 10.0 Å². The van der Waals surface area contributed by atoms with Gasteiger partial charge in [-0.2, -0.15) is 0 Å². The second-order valence-electron chi connectivity index (χ2n) is 3.27. The van der Waals surface area contributed by atoms with E-state index in [1.54, 1.807) is 6.07 Å². The number of hydrogen-bond donors (Lipinski definition) is 0. The number of furan rings is 1. The highest BCUT2D eigenvalue weighted by atomic mass is 79.9. The van der Waals surface area contributed by atoms with Gasteiger partial charge < -0.3 is 9.25 Å². The molecule has 0 atom stereocenters. The summed E-state index contributed by atoms with van der Waals surface area (Å²) in [5.74, 6) is -0.552. The van der Waals surface area contributed by atoms with Crippen molar-refractivity contribution in [2.75, 3.05) is 0 Å². The Morgan fingerprint density at radius 1 is 1.17 bits per heavy atom. The van der Waals surface area contributed by atoms with Crippen LogP contribution in [0.4, 0.5) is 0 Å². The Balaban J connectivity index is 1.95. The summed E-state index contributed by atoms with van der Waals surface area (Å²) < 4.78 is 6.46. The molecule has 0 saturated heterocycles. The van der Waals surface area contributed by atoms with Crippen molar-refractivity contribution in [2.45, 2.75) is 0 Å². The van der Waals surface area contributed by atoms with Crippen molar-refractivity contribution >= 4 is 44.0 Å². The van der Waals surface area contributed by atoms with Gasteiger partial charge in [0.05, 0.1) is 6.21 Å². The highest BCUT2D eigenvalue weighted by Crippen LogP contribution is 2.15. The van der Waals surface area contributed by atoms with Crippen LogP contribution in [0.2, 0.25) is 0 Å². The number of benzene rings is 1. The van der Waals surface area contributed by atoms with Crippen molar-refractivity contribution in [1.82, 2.24) is 0 Å². The lowest BCUT2D eigenvalue weighted by Crippen LogP contribution is -1.98. The first kappa shape index (κ1) is 13.0. The molecule has 0 aliphatic carbocycles. The zero-order valence-corrected chi connectivity index (χ0v) is 12.1. The fourth-order valence-electron chi connectivity index (χ4n) is 1.15. The van der Waals surface area contributed by atoms with Crippen LogP contribution in [-0.2, 0) is 4.84 Å². The highest BCUT2D eigenvalue weighted by Gasteiger charge is 2.11. The third-order valence-electron chi connectivity index (χ3n) is 1.98. The monoisotopic (exact) mass is 371 g/mol. The molecule has 18 heavy (non-hydrogen) atoms. The summed E-state index contributed by atoms with van der Waals surface area (Å²) in [6.07, 6.45) is 1.45. The molecule has 0 N–H and O–H groups in total. The lowest BCUT2D eigenvalue weighted by atomic mass is 10.2. The van der Waals surface area contributed by atoms with Gasteiger partial charge in [-0.3, -0.25) is 0 Å². The molecule has 0 unspecified atom stereocenters. The normalized spacial score (nSPS) is 10.8. The summed E-state index contributed by atoms with van der Waals surface area (Å²) >= 11 is 6.42. The molecule has 0 aliphatic rings. The van der Waals surface area contributed by atoms with Gasteiger partial charge in [0.25, 0.3) is 0 Å². The molecule has 0 spiro atoms. The number of oxime groups is 1. The molecule has 92 valence electrons. The second-order valence-corrected chi connectivity index (χ2v) is 4.97. The first-order valence-corrected chi connectivity index (χ1v) is 6.49. The van der Waals surface area contributed by atoms with Crippen molar-refractivity contribution in [1.29, 1.82) is 0 Å². The molecule has 1 heterocycles. The minimum absolute atomic E-state index is 0.0924. The van der Waals surface area contributed by atoms with E-state index in [-0.39, 0.29) is 5.76 Å². The van der Waals surface area contributed by atoms with E-state index in [2.05, 4.69) is 41.9 Å². The van der Waals surface area contributed by atoms with Gasteiger partial charge in [0.15, 0.2) is 4.67 Å². The Morgan fingerprint density at radius 2 is 1.89 bits per heavy atom. The average molecular weight is 373 g/mol. The maximum absolute atomic E-state index is 11.4. The maximum atomic E-state index is 11.4. The van der Waals surface area contributed by atoms with Gasteiger partial charge in [-0.15, -0.1) is 0 Å². The van der Waals surface area contributed by atoms with Crippen molar-refractivity contribution in [3.05, 3.63) is 56.9 Å². The molecule has 0 bridgehead atoms. The van der Waals surface area contributed by atoms with Crippen LogP contribution in [0.25, 0.3) is 0 Å². The van der Waals surface area contributed by atoms with Crippen LogP contribution in [0.3, 0.4) is 0 Å². The minimum Gasteiger partial charge on any atom is -0.442 e. The summed E-state index contributed by atoms with van der Waals surface area (Å²) in [5.41, 5.74) is 0.826. The Labute approximate surface area is 120 Å². The molecule has 0 fully saturated rings. The Morgan fingerprint density at radius 3 is 2.50 bits per heavy atom. The van der Waals surface area contributed by atoms with Crippen LogP contribution in [0.5, 0.6) is 0 Å². The molecule has 0 aliphatic heterocycles. The number of hydrogen-bond acceptors (Lipinski definition) is 4. The molecule has 2 aromatic rings. The SMILES string of the molecule is O=C(ON=Cc1ccc(Br)cc1)c1ccc(Br)o1. The van der Waals surface area contributed by atoms with E-state index in [1.807, 2.05) is 24.3 Å². The summed E-state index contributed by atoms with van der Waals surface area (Å²) in [6.45, 7) is 0. The minimum atomic E-state index is -0.644. The summed E-state index contributed by atoms with van der Waals surface area (Å²) in [4.78, 5) is 16.1. The van der Waals surface area contributed by atoms with Crippen molar-refractivity contribution in [2.24, 2.45) is 5.16 Å². The molecule has 1 aromatic carbocycles. The largest absolute Gasteiger partial charge is 0.442 e. The van der Waals surface area contributed by atoms with E-state index in [1.165, 1.54) is 12.3 Å². The Kier molecular flexibility index (Phi) is 4.33. The molecule has 1 aromatic heterocycles. The third-order valence-corrected chi connectivity index (χ3v) is 2.94. The third kappa shape index (κ3) is 3.54. The first-order valence-electron chi connectivity index (χ1n) is 4.91. The van der Waals surface area contributed by atoms with Crippen LogP contribution in [0, 0.1) is 0 Å². The van der Waals surface area contributed by atoms with Gasteiger partial charge in [-0.05, 0) is 45.8 Å². The quantitative estimate of drug-likeness (QED) is 0.465. The first-order chi connectivity index (χ1) is 8.65. The van der Waals surface area contributed by atoms with Gasteiger partial charge in [0, 0.05) is 4.47 Å². The summed E-state index contributed by atoms with van der Waals surface area (Å²) in [6, 6.07) is 10.5. The number of carbonyl (C=O) groups excluding carboxylic acids is 1. The van der Waals surface area contributed by atoms with Crippen LogP contribution in [0.1, 0.15) is 16.1 Å². The van der Waals surface area contributed by atoms with Crippen molar-refractivity contribution in [3.8, 4) is 0 Å². The van der Waals surface area contributed by atoms with Gasteiger partial charge in [0.1, 0.15) is 0 Å². The molecule has 6 heteroatoms. The number of nitrogens with zero attached hydrogens (tertiary/aromatic N) is 1. The van der Waals surface area contributed by atoms with Crippen LogP contribution >= 0.6 is 31.9 Å². The Hall–Kier alpha value is -1.40. The number of carbonyl (C=O) groups is 1. The maximum Gasteiger partial charge on any atom is 0.400 e. The van der Waals surface area contributed by atoms with Gasteiger partial charge >= 0.3 is 5.97 Å². The van der Waals surface area contributed by atoms with E-state index in [9.17, 15) is 4.79 Å². The van der Waals surface area contributed by atoms with Crippen LogP contribution < -0.4 is 0 Å². The van der Waals surface area contributed by atoms with Crippen molar-refractivity contribution in [3.63, 3.8) is 0 Å². The molecule has 0 amide bonds. The molecule has 4 nitrogen and oxygen atoms in total. The molecule has 2 rings (SSSR count). The zero-order valence-electron chi connectivity index (χ0n) is 8.97. The van der Waals surface area contributed by atoms with E-state index >= 15 is 0 Å². The van der Waals surface area contributed by atoms with Crippen molar-refractivity contribution < 1.29 is 14.0 Å². The summed E-state index contributed by atoms with van der Waals surface area (Å²) in [7, 11) is 0. The van der Waals surface area contributed by atoms with E-state index in [0.29, 0.717) is 4.67 Å². The van der Waals surface area contributed by atoms with Gasteiger partial charge in [0.2, 0.25) is 5.76 Å². The van der Waals surface area contributed by atoms with Gasteiger partial charge in [-0.1, -0.05) is 33.2 Å². The highest BCUT2D eigenvalue weighted by molar-refractivity contribution is 9.10. The number of rotatable bonds is 3. The van der Waals surface area contributed by atoms with Crippen LogP contribution in [0.15, 0.2) is 55.1 Å². The average Bonchev–Trinajstić information content (AvgIpc) is 2.78. The van der Waals surface area contributed by atoms with Gasteiger partial charge in [-0.25, -0.2) is 4.79 Å². The van der Waals surface area contributed by atoms with E-state index in [4.69, 9.17) is 4.42 Å². The molecular formula is C12H7Br2NO3.